The fraction of sp³-hybridized carbons (Fsp3) is 0.483. The maximum absolute atomic E-state index is 14.1. The van der Waals surface area contributed by atoms with Crippen LogP contribution < -0.4 is 9.64 Å². The molecule has 0 spiro atoms. The van der Waals surface area contributed by atoms with Crippen LogP contribution in [0, 0.1) is 0 Å². The third-order valence-corrected chi connectivity index (χ3v) is 10.00. The summed E-state index contributed by atoms with van der Waals surface area (Å²) in [6, 6.07) is 12.1. The van der Waals surface area contributed by atoms with Gasteiger partial charge in [-0.25, -0.2) is 13.4 Å². The first-order valence-electron chi connectivity index (χ1n) is 13.1. The number of methoxy groups -OCH3 is 1. The number of thiazole rings is 1. The van der Waals surface area contributed by atoms with Crippen molar-refractivity contribution >= 4 is 26.5 Å². The summed E-state index contributed by atoms with van der Waals surface area (Å²) in [6.45, 7) is 14.8. The Bertz CT molecular complexity index is 1310. The topological polar surface area (TPSA) is 62.7 Å². The second-order valence-electron chi connectivity index (χ2n) is 10.6. The molecule has 0 aliphatic carbocycles. The van der Waals surface area contributed by atoms with Gasteiger partial charge in [0.05, 0.1) is 17.7 Å². The average molecular weight is 542 g/mol. The molecule has 200 valence electrons. The largest absolute Gasteiger partial charge is 0.496 e. The van der Waals surface area contributed by atoms with Gasteiger partial charge in [0.2, 0.25) is 10.0 Å². The van der Waals surface area contributed by atoms with Gasteiger partial charge in [-0.3, -0.25) is 0 Å². The molecule has 0 amide bonds. The first kappa shape index (κ1) is 27.6. The Balaban J connectivity index is 1.59. The Labute approximate surface area is 226 Å². The Kier molecular flexibility index (Phi) is 8.31. The predicted molar refractivity (Wildman–Crippen MR) is 154 cm³/mol. The molecule has 0 N–H and O–H groups in total. The number of para-hydroxylation sites is 1. The molecular weight excluding hydrogens is 502 g/mol. The summed E-state index contributed by atoms with van der Waals surface area (Å²) in [7, 11) is -1.97. The van der Waals surface area contributed by atoms with E-state index in [4.69, 9.17) is 9.72 Å². The number of rotatable bonds is 8. The molecule has 1 fully saturated rings. The molecule has 1 aliphatic rings. The van der Waals surface area contributed by atoms with E-state index in [9.17, 15) is 8.42 Å². The van der Waals surface area contributed by atoms with Gasteiger partial charge < -0.3 is 9.64 Å². The lowest BCUT2D eigenvalue weighted by Crippen LogP contribution is -2.49. The molecule has 2 aromatic carbocycles. The maximum atomic E-state index is 14.1. The second-order valence-corrected chi connectivity index (χ2v) is 13.3. The Morgan fingerprint density at radius 2 is 1.49 bits per heavy atom. The van der Waals surface area contributed by atoms with Crippen LogP contribution in [0.25, 0.3) is 11.3 Å². The zero-order valence-corrected chi connectivity index (χ0v) is 24.6. The quantitative estimate of drug-likeness (QED) is 0.318. The van der Waals surface area contributed by atoms with E-state index in [2.05, 4.69) is 58.6 Å². The summed E-state index contributed by atoms with van der Waals surface area (Å²) in [6.07, 6.45) is 0. The van der Waals surface area contributed by atoms with Crippen LogP contribution in [-0.2, 0) is 10.0 Å². The van der Waals surface area contributed by atoms with E-state index in [1.54, 1.807) is 22.8 Å². The van der Waals surface area contributed by atoms with E-state index < -0.39 is 10.0 Å². The van der Waals surface area contributed by atoms with Crippen LogP contribution in [0.3, 0.4) is 0 Å². The van der Waals surface area contributed by atoms with E-state index in [1.807, 2.05) is 29.6 Å². The average Bonchev–Trinajstić information content (AvgIpc) is 3.38. The van der Waals surface area contributed by atoms with E-state index in [1.165, 1.54) is 5.56 Å². The Morgan fingerprint density at radius 3 is 2.03 bits per heavy atom. The number of piperazine rings is 1. The van der Waals surface area contributed by atoms with Gasteiger partial charge in [-0.2, -0.15) is 4.31 Å². The second kappa shape index (κ2) is 11.1. The van der Waals surface area contributed by atoms with Crippen LogP contribution in [0.4, 0.5) is 5.13 Å². The fourth-order valence-electron chi connectivity index (χ4n) is 4.83. The first-order chi connectivity index (χ1) is 17.5. The summed E-state index contributed by atoms with van der Waals surface area (Å²) in [5, 5.41) is 2.95. The van der Waals surface area contributed by atoms with Crippen molar-refractivity contribution in [2.75, 3.05) is 38.2 Å². The molecule has 1 saturated heterocycles. The standard InChI is InChI=1S/C29H39N3O3S2/c1-19(2)22-16-24(20(3)4)28(25(17-22)21(5)6)37(33,34)32-14-12-31(13-15-32)29-30-26(18-36-29)23-10-8-9-11-27(23)35-7/h8-11,16-21H,12-15H2,1-7H3. The molecule has 0 saturated carbocycles. The third-order valence-electron chi connectivity index (χ3n) is 7.06. The summed E-state index contributed by atoms with van der Waals surface area (Å²) >= 11 is 1.58. The van der Waals surface area contributed by atoms with E-state index in [-0.39, 0.29) is 11.8 Å². The number of nitrogens with zero attached hydrogens (tertiary/aromatic N) is 3. The molecule has 4 rings (SSSR count). The smallest absolute Gasteiger partial charge is 0.243 e. The SMILES string of the molecule is COc1ccccc1-c1csc(N2CCN(S(=O)(=O)c3c(C(C)C)cc(C(C)C)cc3C(C)C)CC2)n1. The number of aromatic nitrogens is 1. The molecule has 0 unspecified atom stereocenters. The number of hydrogen-bond acceptors (Lipinski definition) is 6. The van der Waals surface area contributed by atoms with E-state index in [0.29, 0.717) is 37.0 Å². The molecule has 1 aliphatic heterocycles. The molecule has 0 bridgehead atoms. The maximum Gasteiger partial charge on any atom is 0.243 e. The van der Waals surface area contributed by atoms with Gasteiger partial charge in [-0.05, 0) is 46.6 Å². The molecule has 2 heterocycles. The minimum atomic E-state index is -3.64. The van der Waals surface area contributed by atoms with Crippen molar-refractivity contribution in [3.63, 3.8) is 0 Å². The van der Waals surface area contributed by atoms with Gasteiger partial charge in [-0.15, -0.1) is 11.3 Å². The van der Waals surface area contributed by atoms with Crippen molar-refractivity contribution in [1.82, 2.24) is 9.29 Å². The number of sulfonamides is 1. The van der Waals surface area contributed by atoms with Crippen molar-refractivity contribution in [3.05, 3.63) is 58.5 Å². The normalized spacial score (nSPS) is 15.2. The first-order valence-corrected chi connectivity index (χ1v) is 15.4. The van der Waals surface area contributed by atoms with Crippen LogP contribution in [0.15, 0.2) is 46.7 Å². The van der Waals surface area contributed by atoms with Crippen molar-refractivity contribution < 1.29 is 13.2 Å². The Hall–Kier alpha value is -2.42. The summed E-state index contributed by atoms with van der Waals surface area (Å²) in [5.41, 5.74) is 4.89. The molecule has 8 heteroatoms. The molecule has 37 heavy (non-hydrogen) atoms. The van der Waals surface area contributed by atoms with Gasteiger partial charge >= 0.3 is 0 Å². The zero-order valence-electron chi connectivity index (χ0n) is 23.0. The lowest BCUT2D eigenvalue weighted by molar-refractivity contribution is 0.383. The van der Waals surface area contributed by atoms with Gasteiger partial charge in [0, 0.05) is 37.1 Å². The zero-order chi connectivity index (χ0) is 26.9. The predicted octanol–water partition coefficient (Wildman–Crippen LogP) is 6.70. The van der Waals surface area contributed by atoms with Crippen LogP contribution >= 0.6 is 11.3 Å². The van der Waals surface area contributed by atoms with E-state index in [0.717, 1.165) is 33.3 Å². The van der Waals surface area contributed by atoms with E-state index >= 15 is 0 Å². The summed E-state index contributed by atoms with van der Waals surface area (Å²) in [5.74, 6) is 1.37. The van der Waals surface area contributed by atoms with Crippen LogP contribution in [0.1, 0.15) is 76.0 Å². The number of ether oxygens (including phenoxy) is 1. The number of anilines is 1. The molecule has 1 aromatic heterocycles. The minimum absolute atomic E-state index is 0.117. The molecule has 0 atom stereocenters. The van der Waals surface area contributed by atoms with Crippen molar-refractivity contribution in [1.29, 1.82) is 0 Å². The highest BCUT2D eigenvalue weighted by atomic mass is 32.2. The highest BCUT2D eigenvalue weighted by Gasteiger charge is 2.34. The van der Waals surface area contributed by atoms with Crippen molar-refractivity contribution in [3.8, 4) is 17.0 Å². The van der Waals surface area contributed by atoms with Crippen molar-refractivity contribution in [2.24, 2.45) is 0 Å². The highest BCUT2D eigenvalue weighted by Crippen LogP contribution is 2.38. The monoisotopic (exact) mass is 541 g/mol. The fourth-order valence-corrected chi connectivity index (χ4v) is 7.79. The van der Waals surface area contributed by atoms with Crippen LogP contribution in [-0.4, -0.2) is 51.0 Å². The molecular formula is C29H39N3O3S2. The number of hydrogen-bond donors (Lipinski definition) is 0. The van der Waals surface area contributed by atoms with Gasteiger partial charge in [0.1, 0.15) is 5.75 Å². The summed E-state index contributed by atoms with van der Waals surface area (Å²) in [4.78, 5) is 7.56. The minimum Gasteiger partial charge on any atom is -0.496 e. The number of benzene rings is 2. The van der Waals surface area contributed by atoms with Crippen LogP contribution in [0.5, 0.6) is 5.75 Å². The molecule has 3 aromatic rings. The lowest BCUT2D eigenvalue weighted by Gasteiger charge is -2.35. The summed E-state index contributed by atoms with van der Waals surface area (Å²) < 4.78 is 35.4. The molecule has 6 nitrogen and oxygen atoms in total. The highest BCUT2D eigenvalue weighted by molar-refractivity contribution is 7.89. The van der Waals surface area contributed by atoms with Gasteiger partial charge in [0.15, 0.2) is 5.13 Å². The molecule has 0 radical (unpaired) electrons. The lowest BCUT2D eigenvalue weighted by atomic mass is 9.89. The van der Waals surface area contributed by atoms with Crippen molar-refractivity contribution in [2.45, 2.75) is 64.2 Å². The Morgan fingerprint density at radius 1 is 0.892 bits per heavy atom. The third kappa shape index (κ3) is 5.56. The van der Waals surface area contributed by atoms with Gasteiger partial charge in [-0.1, -0.05) is 65.8 Å². The van der Waals surface area contributed by atoms with Crippen LogP contribution in [0.2, 0.25) is 0 Å². The van der Waals surface area contributed by atoms with Gasteiger partial charge in [0.25, 0.3) is 0 Å².